The maximum Gasteiger partial charge on any atom is 0.0545 e. The first-order chi connectivity index (χ1) is 10.9. The van der Waals surface area contributed by atoms with Gasteiger partial charge in [-0.1, -0.05) is 13.8 Å². The lowest BCUT2D eigenvalue weighted by molar-refractivity contribution is -0.132. The van der Waals surface area contributed by atoms with Crippen molar-refractivity contribution < 1.29 is 10.2 Å². The van der Waals surface area contributed by atoms with Crippen LogP contribution in [0, 0.1) is 40.4 Å². The third kappa shape index (κ3) is 2.27. The van der Waals surface area contributed by atoms with Crippen molar-refractivity contribution in [1.29, 1.82) is 0 Å². The largest absolute Gasteiger partial charge is 0.393 e. The average molecular weight is 321 g/mol. The quantitative estimate of drug-likeness (QED) is 0.752. The molecule has 9 atom stereocenters. The molecule has 0 radical (unpaired) electrons. The fourth-order valence-electron chi connectivity index (χ4n) is 8.07. The summed E-state index contributed by atoms with van der Waals surface area (Å²) in [5.41, 5.74) is 0.860. The fourth-order valence-corrected chi connectivity index (χ4v) is 8.07. The molecule has 1 unspecified atom stereocenters. The first-order valence-electron chi connectivity index (χ1n) is 10.2. The van der Waals surface area contributed by atoms with Gasteiger partial charge >= 0.3 is 0 Å². The molecule has 23 heavy (non-hydrogen) atoms. The first-order valence-corrected chi connectivity index (χ1v) is 10.2. The topological polar surface area (TPSA) is 40.5 Å². The first kappa shape index (κ1) is 16.4. The zero-order chi connectivity index (χ0) is 16.4. The summed E-state index contributed by atoms with van der Waals surface area (Å²) in [7, 11) is 0. The molecule has 0 aromatic heterocycles. The maximum atomic E-state index is 10.3. The van der Waals surface area contributed by atoms with Crippen LogP contribution in [0.25, 0.3) is 0 Å². The van der Waals surface area contributed by atoms with E-state index in [1.165, 1.54) is 44.9 Å². The number of fused-ring (bicyclic) bond motifs is 5. The van der Waals surface area contributed by atoms with Crippen molar-refractivity contribution in [3.63, 3.8) is 0 Å². The van der Waals surface area contributed by atoms with Gasteiger partial charge in [-0.25, -0.2) is 0 Å². The van der Waals surface area contributed by atoms with E-state index >= 15 is 0 Å². The van der Waals surface area contributed by atoms with Gasteiger partial charge in [-0.2, -0.15) is 0 Å². The molecule has 4 saturated carbocycles. The molecular formula is C21H36O2. The maximum absolute atomic E-state index is 10.3. The third-order valence-electron chi connectivity index (χ3n) is 9.29. The van der Waals surface area contributed by atoms with E-state index in [1.54, 1.807) is 0 Å². The molecule has 0 bridgehead atoms. The monoisotopic (exact) mass is 320 g/mol. The molecule has 0 aromatic carbocycles. The van der Waals surface area contributed by atoms with Crippen molar-refractivity contribution in [3.05, 3.63) is 0 Å². The van der Waals surface area contributed by atoms with E-state index in [4.69, 9.17) is 0 Å². The molecule has 0 amide bonds. The van der Waals surface area contributed by atoms with Crippen LogP contribution in [0.15, 0.2) is 0 Å². The Morgan fingerprint density at radius 3 is 2.30 bits per heavy atom. The second-order valence-electron chi connectivity index (χ2n) is 10.1. The van der Waals surface area contributed by atoms with Crippen molar-refractivity contribution in [3.8, 4) is 0 Å². The molecule has 2 heteroatoms. The lowest BCUT2D eigenvalue weighted by Crippen LogP contribution is -2.54. The number of rotatable bonds is 1. The SMILES string of the molecule is C[C@@H](O)[C@H]1CC[C@H]2[C@@H]3CC[C@H]4CC(O)CC[C@]4(C)[C@H]3CC[C@]12C. The van der Waals surface area contributed by atoms with Gasteiger partial charge in [0.25, 0.3) is 0 Å². The summed E-state index contributed by atoms with van der Waals surface area (Å²) >= 11 is 0. The minimum atomic E-state index is -0.140. The molecule has 132 valence electrons. The van der Waals surface area contributed by atoms with Crippen molar-refractivity contribution in [2.45, 2.75) is 90.8 Å². The standard InChI is InChI=1S/C21H36O2/c1-13(22)17-6-7-18-16-5-4-14-12-15(23)8-10-20(14,2)19(16)9-11-21(17,18)3/h13-19,22-23H,4-12H2,1-3H3/t13-,14+,15?,16+,17-,18+,19+,20+,21-/m1/s1. The van der Waals surface area contributed by atoms with Crippen molar-refractivity contribution in [2.75, 3.05) is 0 Å². The van der Waals surface area contributed by atoms with Gasteiger partial charge in [0.1, 0.15) is 0 Å². The van der Waals surface area contributed by atoms with Crippen LogP contribution in [-0.4, -0.2) is 22.4 Å². The minimum absolute atomic E-state index is 0.0374. The van der Waals surface area contributed by atoms with E-state index in [0.717, 1.165) is 36.5 Å². The van der Waals surface area contributed by atoms with E-state index < -0.39 is 0 Å². The smallest absolute Gasteiger partial charge is 0.0545 e. The number of aliphatic hydroxyl groups is 2. The van der Waals surface area contributed by atoms with Crippen molar-refractivity contribution in [2.24, 2.45) is 40.4 Å². The van der Waals surface area contributed by atoms with Crippen LogP contribution < -0.4 is 0 Å². The van der Waals surface area contributed by atoms with Crippen LogP contribution in [0.3, 0.4) is 0 Å². The fraction of sp³-hybridized carbons (Fsp3) is 1.00. The van der Waals surface area contributed by atoms with Crippen LogP contribution in [0.1, 0.15) is 78.6 Å². The van der Waals surface area contributed by atoms with E-state index in [-0.39, 0.29) is 12.2 Å². The van der Waals surface area contributed by atoms with E-state index in [0.29, 0.717) is 16.7 Å². The Bertz CT molecular complexity index is 461. The second kappa shape index (κ2) is 5.46. The Morgan fingerprint density at radius 1 is 0.870 bits per heavy atom. The highest BCUT2D eigenvalue weighted by molar-refractivity contribution is 5.09. The lowest BCUT2D eigenvalue weighted by atomic mass is 9.44. The summed E-state index contributed by atoms with van der Waals surface area (Å²) in [6.07, 6.45) is 11.1. The van der Waals surface area contributed by atoms with Crippen LogP contribution in [0.2, 0.25) is 0 Å². The molecule has 2 N–H and O–H groups in total. The predicted octanol–water partition coefficient (Wildman–Crippen LogP) is 4.39. The summed E-state index contributed by atoms with van der Waals surface area (Å²) in [5.74, 6) is 3.87. The summed E-state index contributed by atoms with van der Waals surface area (Å²) in [6.45, 7) is 7.08. The third-order valence-corrected chi connectivity index (χ3v) is 9.29. The van der Waals surface area contributed by atoms with Gasteiger partial charge in [0.05, 0.1) is 12.2 Å². The Balaban J connectivity index is 1.60. The number of hydrogen-bond acceptors (Lipinski definition) is 2. The normalized spacial score (nSPS) is 57.3. The summed E-state index contributed by atoms with van der Waals surface area (Å²) < 4.78 is 0. The van der Waals surface area contributed by atoms with Gasteiger partial charge < -0.3 is 10.2 Å². The lowest BCUT2D eigenvalue weighted by Gasteiger charge is -2.61. The number of aliphatic hydroxyl groups excluding tert-OH is 2. The molecule has 4 aliphatic rings. The highest BCUT2D eigenvalue weighted by Gasteiger charge is 2.60. The molecule has 2 nitrogen and oxygen atoms in total. The Hall–Kier alpha value is -0.0800. The zero-order valence-electron chi connectivity index (χ0n) is 15.3. The van der Waals surface area contributed by atoms with E-state index in [2.05, 4.69) is 13.8 Å². The van der Waals surface area contributed by atoms with Crippen LogP contribution >= 0.6 is 0 Å². The minimum Gasteiger partial charge on any atom is -0.393 e. The Labute approximate surface area is 142 Å². The summed E-state index contributed by atoms with van der Waals surface area (Å²) in [4.78, 5) is 0. The van der Waals surface area contributed by atoms with Gasteiger partial charge in [-0.3, -0.25) is 0 Å². The predicted molar refractivity (Wildman–Crippen MR) is 92.9 cm³/mol. The van der Waals surface area contributed by atoms with Gasteiger partial charge in [-0.15, -0.1) is 0 Å². The van der Waals surface area contributed by atoms with Crippen LogP contribution in [-0.2, 0) is 0 Å². The Kier molecular flexibility index (Phi) is 3.89. The molecule has 0 saturated heterocycles. The molecule has 0 aromatic rings. The molecule has 0 heterocycles. The molecular weight excluding hydrogens is 284 g/mol. The molecule has 0 aliphatic heterocycles. The molecule has 4 rings (SSSR count). The van der Waals surface area contributed by atoms with Crippen molar-refractivity contribution >= 4 is 0 Å². The zero-order valence-corrected chi connectivity index (χ0v) is 15.3. The Morgan fingerprint density at radius 2 is 1.57 bits per heavy atom. The van der Waals surface area contributed by atoms with E-state index in [9.17, 15) is 10.2 Å². The van der Waals surface area contributed by atoms with Crippen molar-refractivity contribution in [1.82, 2.24) is 0 Å². The second-order valence-corrected chi connectivity index (χ2v) is 10.1. The highest BCUT2D eigenvalue weighted by atomic mass is 16.3. The molecule has 0 spiro atoms. The highest BCUT2D eigenvalue weighted by Crippen LogP contribution is 2.67. The van der Waals surface area contributed by atoms with Gasteiger partial charge in [0.2, 0.25) is 0 Å². The van der Waals surface area contributed by atoms with Gasteiger partial charge in [0.15, 0.2) is 0 Å². The summed E-state index contributed by atoms with van der Waals surface area (Å²) in [5, 5.41) is 20.4. The molecule has 4 fully saturated rings. The van der Waals surface area contributed by atoms with E-state index in [1.807, 2.05) is 6.92 Å². The average Bonchev–Trinajstić information content (AvgIpc) is 2.85. The number of hydrogen-bond donors (Lipinski definition) is 2. The van der Waals surface area contributed by atoms with Crippen LogP contribution in [0.4, 0.5) is 0 Å². The van der Waals surface area contributed by atoms with Gasteiger partial charge in [0, 0.05) is 0 Å². The van der Waals surface area contributed by atoms with Gasteiger partial charge in [-0.05, 0) is 105 Å². The van der Waals surface area contributed by atoms with Crippen LogP contribution in [0.5, 0.6) is 0 Å². The molecule has 4 aliphatic carbocycles. The summed E-state index contributed by atoms with van der Waals surface area (Å²) in [6, 6.07) is 0.